The lowest BCUT2D eigenvalue weighted by molar-refractivity contribution is -0.123. The van der Waals surface area contributed by atoms with Crippen molar-refractivity contribution in [3.8, 4) is 0 Å². The Morgan fingerprint density at radius 1 is 1.83 bits per heavy atom. The van der Waals surface area contributed by atoms with E-state index in [9.17, 15) is 4.79 Å². The molecule has 0 aliphatic carbocycles. The first-order valence-electron chi connectivity index (χ1n) is 4.32. The minimum Gasteiger partial charge on any atom is -0.395 e. The average molecular weight is 172 g/mol. The summed E-state index contributed by atoms with van der Waals surface area (Å²) in [6, 6.07) is -0.114. The molecule has 70 valence electrons. The molecule has 2 atom stereocenters. The largest absolute Gasteiger partial charge is 0.395 e. The summed E-state index contributed by atoms with van der Waals surface area (Å²) in [4.78, 5) is 12.8. The van der Waals surface area contributed by atoms with E-state index in [4.69, 9.17) is 10.8 Å². The minimum absolute atomic E-state index is 0.123. The first-order valence-corrected chi connectivity index (χ1v) is 4.32. The topological polar surface area (TPSA) is 66.6 Å². The summed E-state index contributed by atoms with van der Waals surface area (Å²) in [6.07, 6.45) is 2.01. The molecule has 4 heteroatoms. The molecule has 4 nitrogen and oxygen atoms in total. The fourth-order valence-electron chi connectivity index (χ4n) is 1.73. The van der Waals surface area contributed by atoms with Gasteiger partial charge in [-0.1, -0.05) is 0 Å². The Balaban J connectivity index is 2.55. The maximum Gasteiger partial charge on any atom is 0.234 e. The summed E-state index contributed by atoms with van der Waals surface area (Å²) < 4.78 is 0. The Morgan fingerprint density at radius 3 is 3.00 bits per heavy atom. The maximum absolute atomic E-state index is 10.8. The number of primary amides is 1. The SMILES string of the molecule is CC(C(N)=O)N1CCC[C@@H]1CO. The van der Waals surface area contributed by atoms with Gasteiger partial charge in [-0.05, 0) is 26.3 Å². The van der Waals surface area contributed by atoms with Crippen LogP contribution in [0.25, 0.3) is 0 Å². The molecule has 1 aliphatic rings. The predicted molar refractivity (Wildman–Crippen MR) is 45.5 cm³/mol. The van der Waals surface area contributed by atoms with Crippen LogP contribution in [0.15, 0.2) is 0 Å². The zero-order valence-electron chi connectivity index (χ0n) is 7.36. The molecule has 1 fully saturated rings. The van der Waals surface area contributed by atoms with Crippen molar-refractivity contribution >= 4 is 5.91 Å². The fraction of sp³-hybridized carbons (Fsp3) is 0.875. The second kappa shape index (κ2) is 3.87. The van der Waals surface area contributed by atoms with E-state index in [2.05, 4.69) is 0 Å². The molecule has 0 saturated carbocycles. The summed E-state index contributed by atoms with van der Waals surface area (Å²) in [6.45, 7) is 2.78. The predicted octanol–water partition coefficient (Wildman–Crippen LogP) is -0.683. The number of hydrogen-bond donors (Lipinski definition) is 2. The fourth-order valence-corrected chi connectivity index (χ4v) is 1.73. The molecule has 1 unspecified atom stereocenters. The van der Waals surface area contributed by atoms with Gasteiger partial charge in [-0.2, -0.15) is 0 Å². The standard InChI is InChI=1S/C8H16N2O2/c1-6(8(9)12)10-4-2-3-7(10)5-11/h6-7,11H,2-5H2,1H3,(H2,9,12)/t6?,7-/m1/s1. The lowest BCUT2D eigenvalue weighted by atomic mass is 10.2. The molecule has 1 aliphatic heterocycles. The van der Waals surface area contributed by atoms with Gasteiger partial charge in [0.15, 0.2) is 0 Å². The van der Waals surface area contributed by atoms with Gasteiger partial charge in [0.25, 0.3) is 0 Å². The van der Waals surface area contributed by atoms with Crippen LogP contribution in [0.2, 0.25) is 0 Å². The molecule has 3 N–H and O–H groups in total. The molecule has 12 heavy (non-hydrogen) atoms. The zero-order valence-corrected chi connectivity index (χ0v) is 7.36. The van der Waals surface area contributed by atoms with E-state index < -0.39 is 0 Å². The average Bonchev–Trinajstić information content (AvgIpc) is 2.49. The van der Waals surface area contributed by atoms with E-state index >= 15 is 0 Å². The van der Waals surface area contributed by atoms with Gasteiger partial charge in [-0.3, -0.25) is 9.69 Å². The molecular formula is C8H16N2O2. The molecule has 1 heterocycles. The van der Waals surface area contributed by atoms with Crippen molar-refractivity contribution < 1.29 is 9.90 Å². The van der Waals surface area contributed by atoms with Crippen LogP contribution in [0.5, 0.6) is 0 Å². The van der Waals surface area contributed by atoms with Gasteiger partial charge in [-0.25, -0.2) is 0 Å². The third kappa shape index (κ3) is 1.76. The lowest BCUT2D eigenvalue weighted by Crippen LogP contribution is -2.46. The Labute approximate surface area is 72.3 Å². The van der Waals surface area contributed by atoms with Gasteiger partial charge in [0.2, 0.25) is 5.91 Å². The first kappa shape index (κ1) is 9.48. The van der Waals surface area contributed by atoms with Crippen LogP contribution in [0, 0.1) is 0 Å². The number of nitrogens with two attached hydrogens (primary N) is 1. The molecule has 0 bridgehead atoms. The van der Waals surface area contributed by atoms with Crippen LogP contribution < -0.4 is 5.73 Å². The highest BCUT2D eigenvalue weighted by Gasteiger charge is 2.30. The van der Waals surface area contributed by atoms with Gasteiger partial charge >= 0.3 is 0 Å². The molecule has 1 rings (SSSR count). The van der Waals surface area contributed by atoms with Crippen LogP contribution in [0.3, 0.4) is 0 Å². The Kier molecular flexibility index (Phi) is 3.05. The third-order valence-corrected chi connectivity index (χ3v) is 2.54. The van der Waals surface area contributed by atoms with E-state index in [-0.39, 0.29) is 24.6 Å². The first-order chi connectivity index (χ1) is 5.66. The van der Waals surface area contributed by atoms with Crippen molar-refractivity contribution in [1.29, 1.82) is 0 Å². The summed E-state index contributed by atoms with van der Waals surface area (Å²) in [7, 11) is 0. The highest BCUT2D eigenvalue weighted by Crippen LogP contribution is 2.19. The van der Waals surface area contributed by atoms with Crippen molar-refractivity contribution in [3.63, 3.8) is 0 Å². The number of aliphatic hydroxyl groups excluding tert-OH is 1. The van der Waals surface area contributed by atoms with Crippen LogP contribution in [-0.4, -0.2) is 41.1 Å². The second-order valence-electron chi connectivity index (χ2n) is 3.29. The molecule has 1 saturated heterocycles. The van der Waals surface area contributed by atoms with Crippen molar-refractivity contribution in [2.45, 2.75) is 31.8 Å². The van der Waals surface area contributed by atoms with Crippen molar-refractivity contribution in [1.82, 2.24) is 4.90 Å². The van der Waals surface area contributed by atoms with Gasteiger partial charge in [0, 0.05) is 6.04 Å². The number of hydrogen-bond acceptors (Lipinski definition) is 3. The normalized spacial score (nSPS) is 27.3. The van der Waals surface area contributed by atoms with Crippen LogP contribution in [-0.2, 0) is 4.79 Å². The highest BCUT2D eigenvalue weighted by atomic mass is 16.3. The van der Waals surface area contributed by atoms with Crippen molar-refractivity contribution in [2.75, 3.05) is 13.2 Å². The smallest absolute Gasteiger partial charge is 0.234 e. The van der Waals surface area contributed by atoms with Crippen molar-refractivity contribution in [3.05, 3.63) is 0 Å². The van der Waals surface area contributed by atoms with Crippen molar-refractivity contribution in [2.24, 2.45) is 5.73 Å². The monoisotopic (exact) mass is 172 g/mol. The maximum atomic E-state index is 10.8. The van der Waals surface area contributed by atoms with E-state index in [0.29, 0.717) is 0 Å². The molecule has 0 aromatic carbocycles. The Morgan fingerprint density at radius 2 is 2.50 bits per heavy atom. The van der Waals surface area contributed by atoms with Gasteiger partial charge < -0.3 is 10.8 Å². The lowest BCUT2D eigenvalue weighted by Gasteiger charge is -2.26. The number of rotatable bonds is 3. The quantitative estimate of drug-likeness (QED) is 0.592. The summed E-state index contributed by atoms with van der Waals surface area (Å²) in [5, 5.41) is 8.97. The number of carbonyl (C=O) groups excluding carboxylic acids is 1. The Bertz CT molecular complexity index is 172. The number of aliphatic hydroxyl groups is 1. The summed E-state index contributed by atoms with van der Waals surface area (Å²) in [5.74, 6) is -0.310. The zero-order chi connectivity index (χ0) is 9.14. The van der Waals surface area contributed by atoms with E-state index in [1.54, 1.807) is 6.92 Å². The Hall–Kier alpha value is -0.610. The van der Waals surface area contributed by atoms with E-state index in [1.165, 1.54) is 0 Å². The van der Waals surface area contributed by atoms with Gasteiger partial charge in [-0.15, -0.1) is 0 Å². The highest BCUT2D eigenvalue weighted by molar-refractivity contribution is 5.79. The van der Waals surface area contributed by atoms with E-state index in [0.717, 1.165) is 19.4 Å². The van der Waals surface area contributed by atoms with Gasteiger partial charge in [0.1, 0.15) is 0 Å². The number of carbonyl (C=O) groups is 1. The van der Waals surface area contributed by atoms with Crippen LogP contribution in [0.1, 0.15) is 19.8 Å². The molecule has 0 spiro atoms. The molecular weight excluding hydrogens is 156 g/mol. The molecule has 1 amide bonds. The van der Waals surface area contributed by atoms with Crippen LogP contribution in [0.4, 0.5) is 0 Å². The molecule has 0 aromatic heterocycles. The minimum atomic E-state index is -0.310. The number of likely N-dealkylation sites (tertiary alicyclic amines) is 1. The number of amides is 1. The second-order valence-corrected chi connectivity index (χ2v) is 3.29. The van der Waals surface area contributed by atoms with E-state index in [1.807, 2.05) is 4.90 Å². The van der Waals surface area contributed by atoms with Gasteiger partial charge in [0.05, 0.1) is 12.6 Å². The number of nitrogens with zero attached hydrogens (tertiary/aromatic N) is 1. The van der Waals surface area contributed by atoms with Crippen LogP contribution >= 0.6 is 0 Å². The third-order valence-electron chi connectivity index (χ3n) is 2.54. The summed E-state index contributed by atoms with van der Waals surface area (Å²) in [5.41, 5.74) is 5.17. The summed E-state index contributed by atoms with van der Waals surface area (Å²) >= 11 is 0. The molecule has 0 aromatic rings. The molecule has 0 radical (unpaired) electrons.